The molecule has 0 fully saturated rings. The quantitative estimate of drug-likeness (QED) is 0.362. The molecule has 1 aliphatic heterocycles. The summed E-state index contributed by atoms with van der Waals surface area (Å²) in [6, 6.07) is 12.3. The molecule has 2 aromatic heterocycles. The summed E-state index contributed by atoms with van der Waals surface area (Å²) in [7, 11) is 1.58. The van der Waals surface area contributed by atoms with Gasteiger partial charge in [-0.3, -0.25) is 19.0 Å². The van der Waals surface area contributed by atoms with Crippen LogP contribution in [0, 0.1) is 6.92 Å². The van der Waals surface area contributed by atoms with E-state index in [-0.39, 0.29) is 30.0 Å². The normalized spacial score (nSPS) is 14.8. The summed E-state index contributed by atoms with van der Waals surface area (Å²) < 4.78 is 4.38. The Bertz CT molecular complexity index is 1650. The number of fused-ring (bicyclic) bond motifs is 3. The second kappa shape index (κ2) is 10.1. The van der Waals surface area contributed by atoms with Gasteiger partial charge in [-0.25, -0.2) is 4.52 Å². The number of benzene rings is 2. The molecule has 0 unspecified atom stereocenters. The molecule has 1 aliphatic rings. The van der Waals surface area contributed by atoms with Gasteiger partial charge in [0.2, 0.25) is 0 Å². The van der Waals surface area contributed by atoms with Gasteiger partial charge in [0.25, 0.3) is 17.4 Å². The van der Waals surface area contributed by atoms with E-state index < -0.39 is 0 Å². The number of nitrogens with one attached hydrogen (secondary N) is 1. The van der Waals surface area contributed by atoms with Crippen LogP contribution in [0.25, 0.3) is 11.3 Å². The van der Waals surface area contributed by atoms with Crippen LogP contribution < -0.4 is 10.9 Å². The van der Waals surface area contributed by atoms with Gasteiger partial charge in [-0.2, -0.15) is 5.10 Å². The number of aromatic nitrogens is 3. The maximum absolute atomic E-state index is 14.0. The summed E-state index contributed by atoms with van der Waals surface area (Å²) in [6.07, 6.45) is 4.44. The highest BCUT2D eigenvalue weighted by molar-refractivity contribution is 9.10. The Hall–Kier alpha value is -3.98. The van der Waals surface area contributed by atoms with E-state index in [0.29, 0.717) is 46.6 Å². The van der Waals surface area contributed by atoms with Gasteiger partial charge in [0, 0.05) is 39.8 Å². The molecule has 0 aliphatic carbocycles. The highest BCUT2D eigenvalue weighted by Gasteiger charge is 2.33. The predicted octanol–water partition coefficient (Wildman–Crippen LogP) is 4.23. The maximum Gasteiger partial charge on any atom is 0.261 e. The van der Waals surface area contributed by atoms with Crippen molar-refractivity contribution in [1.29, 1.82) is 0 Å². The Kier molecular flexibility index (Phi) is 6.79. The molecule has 9 heteroatoms. The molecule has 0 bridgehead atoms. The number of hydrogen-bond donors (Lipinski definition) is 1. The van der Waals surface area contributed by atoms with Gasteiger partial charge < -0.3 is 10.2 Å². The van der Waals surface area contributed by atoms with Gasteiger partial charge in [-0.05, 0) is 74.7 Å². The Balaban J connectivity index is 1.66. The molecule has 0 spiro atoms. The van der Waals surface area contributed by atoms with Gasteiger partial charge in [0.1, 0.15) is 5.65 Å². The summed E-state index contributed by atoms with van der Waals surface area (Å²) in [5, 5.41) is 7.27. The molecular formula is C29H28BrN5O3. The molecule has 1 N–H and O–H groups in total. The van der Waals surface area contributed by atoms with Crippen molar-refractivity contribution in [1.82, 2.24) is 24.4 Å². The number of carbonyl (C=O) groups is 2. The number of rotatable bonds is 5. The van der Waals surface area contributed by atoms with Crippen LogP contribution in [0.5, 0.6) is 0 Å². The minimum atomic E-state index is -0.198. The summed E-state index contributed by atoms with van der Waals surface area (Å²) in [4.78, 5) is 41.5. The van der Waals surface area contributed by atoms with Gasteiger partial charge in [0.15, 0.2) is 0 Å². The van der Waals surface area contributed by atoms with Gasteiger partial charge in [-0.1, -0.05) is 22.0 Å². The predicted molar refractivity (Wildman–Crippen MR) is 150 cm³/mol. The second-order valence-electron chi connectivity index (χ2n) is 9.54. The third-order valence-electron chi connectivity index (χ3n) is 7.09. The fourth-order valence-electron chi connectivity index (χ4n) is 5.05. The molecule has 4 aromatic rings. The third kappa shape index (κ3) is 4.26. The number of allylic oxidation sites excluding steroid dienone is 1. The zero-order valence-corrected chi connectivity index (χ0v) is 23.1. The zero-order valence-electron chi connectivity index (χ0n) is 21.5. The minimum Gasteiger partial charge on any atom is -0.355 e. The van der Waals surface area contributed by atoms with Crippen molar-refractivity contribution in [3.8, 4) is 5.69 Å². The van der Waals surface area contributed by atoms with Crippen molar-refractivity contribution in [2.75, 3.05) is 7.05 Å². The van der Waals surface area contributed by atoms with Crippen molar-refractivity contribution in [3.63, 3.8) is 0 Å². The first-order valence-electron chi connectivity index (χ1n) is 12.4. The molecule has 38 heavy (non-hydrogen) atoms. The first-order chi connectivity index (χ1) is 18.2. The Labute approximate surface area is 228 Å². The minimum absolute atomic E-state index is 0.0839. The zero-order chi connectivity index (χ0) is 27.1. The Morgan fingerprint density at radius 1 is 1.18 bits per heavy atom. The van der Waals surface area contributed by atoms with Crippen molar-refractivity contribution in [2.45, 2.75) is 39.3 Å². The molecule has 3 heterocycles. The average molecular weight is 574 g/mol. The van der Waals surface area contributed by atoms with Crippen LogP contribution >= 0.6 is 15.9 Å². The number of nitrogens with zero attached hydrogens (tertiary/aromatic N) is 4. The topological polar surface area (TPSA) is 88.7 Å². The van der Waals surface area contributed by atoms with Crippen molar-refractivity contribution >= 4 is 33.4 Å². The standard InChI is InChI=1S/C29H28BrN5O3/c1-5-6-21-15-32-35-25-16-33(28(37)20-9-12-24(30)17(2)13-20)18(3)14-23(25)29(38)34(27(21)35)22-10-7-19(8-11-22)26(36)31-4/h5,7-13,15,18H,1,6,14,16H2,2-4H3,(H,31,36)/t18-/m1/s1. The van der Waals surface area contributed by atoms with E-state index in [1.807, 2.05) is 32.0 Å². The number of hydrogen-bond acceptors (Lipinski definition) is 4. The fourth-order valence-corrected chi connectivity index (χ4v) is 5.29. The van der Waals surface area contributed by atoms with E-state index >= 15 is 0 Å². The van der Waals surface area contributed by atoms with Crippen molar-refractivity contribution in [3.05, 3.63) is 110 Å². The lowest BCUT2D eigenvalue weighted by Crippen LogP contribution is -2.46. The number of carbonyl (C=O) groups excluding carboxylic acids is 2. The molecule has 0 saturated heterocycles. The van der Waals surface area contributed by atoms with E-state index in [9.17, 15) is 14.4 Å². The first kappa shape index (κ1) is 25.7. The lowest BCUT2D eigenvalue weighted by atomic mass is 9.98. The highest BCUT2D eigenvalue weighted by Crippen LogP contribution is 2.27. The summed E-state index contributed by atoms with van der Waals surface area (Å²) >= 11 is 3.50. The molecule has 5 rings (SSSR count). The molecule has 194 valence electrons. The molecular weight excluding hydrogens is 546 g/mol. The van der Waals surface area contributed by atoms with Crippen LogP contribution in [0.3, 0.4) is 0 Å². The SMILES string of the molecule is C=CCc1cnn2c3c(c(=O)n(-c4ccc(C(=O)NC)cc4)c12)C[C@@H](C)N(C(=O)c1ccc(Br)c(C)c1)C3. The molecule has 0 radical (unpaired) electrons. The van der Waals surface area contributed by atoms with Crippen molar-refractivity contribution < 1.29 is 9.59 Å². The van der Waals surface area contributed by atoms with Crippen LogP contribution in [-0.4, -0.2) is 44.0 Å². The van der Waals surface area contributed by atoms with Crippen molar-refractivity contribution in [2.24, 2.45) is 0 Å². The molecule has 2 aromatic carbocycles. The number of amides is 2. The largest absolute Gasteiger partial charge is 0.355 e. The highest BCUT2D eigenvalue weighted by atomic mass is 79.9. The summed E-state index contributed by atoms with van der Waals surface area (Å²) in [5.74, 6) is -0.282. The lowest BCUT2D eigenvalue weighted by Gasteiger charge is -2.35. The van der Waals surface area contributed by atoms with Crippen LogP contribution in [0.1, 0.15) is 50.0 Å². The molecule has 8 nitrogen and oxygen atoms in total. The monoisotopic (exact) mass is 573 g/mol. The molecule has 2 amide bonds. The van der Waals surface area contributed by atoms with E-state index in [4.69, 9.17) is 0 Å². The third-order valence-corrected chi connectivity index (χ3v) is 7.98. The van der Waals surface area contributed by atoms with E-state index in [0.717, 1.165) is 15.6 Å². The van der Waals surface area contributed by atoms with Crippen LogP contribution in [0.4, 0.5) is 0 Å². The number of halogens is 1. The van der Waals surface area contributed by atoms with E-state index in [1.54, 1.807) is 57.6 Å². The van der Waals surface area contributed by atoms with Crippen LogP contribution in [0.15, 0.2) is 70.6 Å². The number of aryl methyl sites for hydroxylation is 1. The van der Waals surface area contributed by atoms with Gasteiger partial charge >= 0.3 is 0 Å². The first-order valence-corrected chi connectivity index (χ1v) is 13.2. The lowest BCUT2D eigenvalue weighted by molar-refractivity contribution is 0.0651. The smallest absolute Gasteiger partial charge is 0.261 e. The maximum atomic E-state index is 14.0. The second-order valence-corrected chi connectivity index (χ2v) is 10.4. The van der Waals surface area contributed by atoms with Crippen LogP contribution in [0.2, 0.25) is 0 Å². The average Bonchev–Trinajstić information content (AvgIpc) is 3.33. The Morgan fingerprint density at radius 2 is 1.89 bits per heavy atom. The van der Waals surface area contributed by atoms with Crippen LogP contribution in [-0.2, 0) is 19.4 Å². The molecule has 1 atom stereocenters. The van der Waals surface area contributed by atoms with E-state index in [2.05, 4.69) is 32.9 Å². The van der Waals surface area contributed by atoms with Gasteiger partial charge in [-0.15, -0.1) is 6.58 Å². The summed E-state index contributed by atoms with van der Waals surface area (Å²) in [5.41, 5.74) is 5.39. The summed E-state index contributed by atoms with van der Waals surface area (Å²) in [6.45, 7) is 8.04. The van der Waals surface area contributed by atoms with Gasteiger partial charge in [0.05, 0.1) is 24.1 Å². The molecule has 0 saturated carbocycles. The van der Waals surface area contributed by atoms with E-state index in [1.165, 1.54) is 0 Å². The Morgan fingerprint density at radius 3 is 2.55 bits per heavy atom. The fraction of sp³-hybridized carbons (Fsp3) is 0.241.